The van der Waals surface area contributed by atoms with Gasteiger partial charge in [-0.15, -0.1) is 0 Å². The Kier molecular flexibility index (Phi) is 3.15. The van der Waals surface area contributed by atoms with E-state index in [9.17, 15) is 0 Å². The number of hydrogen-bond donors (Lipinski definition) is 1. The second-order valence-corrected chi connectivity index (χ2v) is 5.30. The number of anilines is 1. The van der Waals surface area contributed by atoms with Gasteiger partial charge in [0.25, 0.3) is 0 Å². The van der Waals surface area contributed by atoms with E-state index in [1.54, 1.807) is 11.3 Å². The van der Waals surface area contributed by atoms with E-state index in [1.165, 1.54) is 5.56 Å². The van der Waals surface area contributed by atoms with Crippen molar-refractivity contribution in [1.82, 2.24) is 9.97 Å². The van der Waals surface area contributed by atoms with Crippen LogP contribution in [0.2, 0.25) is 0 Å². The summed E-state index contributed by atoms with van der Waals surface area (Å²) < 4.78 is 0. The maximum Gasteiger partial charge on any atom is 0.162 e. The Labute approximate surface area is 106 Å². The number of nitrogen functional groups attached to an aromatic ring is 1. The van der Waals surface area contributed by atoms with Gasteiger partial charge in [0.1, 0.15) is 5.82 Å². The van der Waals surface area contributed by atoms with Gasteiger partial charge in [0, 0.05) is 22.2 Å². The second-order valence-electron chi connectivity index (χ2n) is 4.55. The first kappa shape index (κ1) is 12.0. The zero-order chi connectivity index (χ0) is 12.6. The SMILES string of the molecule is Cc1cscc1-c1nc(C)c(C(C)C)c(N)n1. The van der Waals surface area contributed by atoms with E-state index in [2.05, 4.69) is 41.5 Å². The molecule has 0 amide bonds. The second kappa shape index (κ2) is 4.45. The van der Waals surface area contributed by atoms with Gasteiger partial charge in [-0.05, 0) is 30.7 Å². The molecule has 0 saturated carbocycles. The summed E-state index contributed by atoms with van der Waals surface area (Å²) in [4.78, 5) is 9.01. The molecule has 2 aromatic rings. The van der Waals surface area contributed by atoms with Crippen LogP contribution in [-0.2, 0) is 0 Å². The van der Waals surface area contributed by atoms with Crippen LogP contribution in [0.1, 0.15) is 36.6 Å². The first-order valence-electron chi connectivity index (χ1n) is 5.68. The lowest BCUT2D eigenvalue weighted by molar-refractivity contribution is 0.836. The van der Waals surface area contributed by atoms with E-state index in [-0.39, 0.29) is 0 Å². The summed E-state index contributed by atoms with van der Waals surface area (Å²) in [6.45, 7) is 8.28. The van der Waals surface area contributed by atoms with Crippen LogP contribution in [0.15, 0.2) is 10.8 Å². The molecule has 0 fully saturated rings. The fourth-order valence-corrected chi connectivity index (χ4v) is 2.85. The molecule has 4 heteroatoms. The van der Waals surface area contributed by atoms with Gasteiger partial charge in [0.05, 0.1) is 0 Å². The van der Waals surface area contributed by atoms with Crippen LogP contribution in [-0.4, -0.2) is 9.97 Å². The molecular weight excluding hydrogens is 230 g/mol. The molecule has 0 aromatic carbocycles. The molecule has 0 bridgehead atoms. The van der Waals surface area contributed by atoms with Crippen molar-refractivity contribution in [1.29, 1.82) is 0 Å². The van der Waals surface area contributed by atoms with Gasteiger partial charge in [-0.25, -0.2) is 9.97 Å². The molecule has 17 heavy (non-hydrogen) atoms. The van der Waals surface area contributed by atoms with Crippen LogP contribution in [0.4, 0.5) is 5.82 Å². The predicted octanol–water partition coefficient (Wildman–Crippen LogP) is 3.53. The molecule has 0 aliphatic carbocycles. The van der Waals surface area contributed by atoms with Crippen molar-refractivity contribution in [3.8, 4) is 11.4 Å². The summed E-state index contributed by atoms with van der Waals surface area (Å²) in [5.41, 5.74) is 10.4. The highest BCUT2D eigenvalue weighted by Crippen LogP contribution is 2.28. The normalized spacial score (nSPS) is 11.1. The Morgan fingerprint density at radius 3 is 2.35 bits per heavy atom. The molecule has 0 saturated heterocycles. The van der Waals surface area contributed by atoms with Crippen LogP contribution >= 0.6 is 11.3 Å². The van der Waals surface area contributed by atoms with Gasteiger partial charge in [-0.2, -0.15) is 11.3 Å². The fraction of sp³-hybridized carbons (Fsp3) is 0.385. The maximum atomic E-state index is 6.03. The summed E-state index contributed by atoms with van der Waals surface area (Å²) in [5.74, 6) is 1.70. The van der Waals surface area contributed by atoms with Gasteiger partial charge in [-0.1, -0.05) is 13.8 Å². The first-order chi connectivity index (χ1) is 8.00. The molecule has 0 radical (unpaired) electrons. The lowest BCUT2D eigenvalue weighted by Gasteiger charge is -2.13. The molecule has 3 nitrogen and oxygen atoms in total. The fourth-order valence-electron chi connectivity index (χ4n) is 2.03. The van der Waals surface area contributed by atoms with E-state index < -0.39 is 0 Å². The van der Waals surface area contributed by atoms with Gasteiger partial charge < -0.3 is 5.73 Å². The van der Waals surface area contributed by atoms with E-state index >= 15 is 0 Å². The van der Waals surface area contributed by atoms with Crippen molar-refractivity contribution in [3.63, 3.8) is 0 Å². The number of aryl methyl sites for hydroxylation is 2. The van der Waals surface area contributed by atoms with Crippen molar-refractivity contribution in [3.05, 3.63) is 27.6 Å². The summed E-state index contributed by atoms with van der Waals surface area (Å²) in [5, 5.41) is 4.17. The number of rotatable bonds is 2. The minimum absolute atomic E-state index is 0.354. The molecule has 0 atom stereocenters. The summed E-state index contributed by atoms with van der Waals surface area (Å²) in [6.07, 6.45) is 0. The highest BCUT2D eigenvalue weighted by Gasteiger charge is 2.14. The summed E-state index contributed by atoms with van der Waals surface area (Å²) >= 11 is 1.66. The van der Waals surface area contributed by atoms with Gasteiger partial charge in [-0.3, -0.25) is 0 Å². The minimum Gasteiger partial charge on any atom is -0.383 e. The standard InChI is InChI=1S/C13H17N3S/c1-7(2)11-9(4)15-13(16-12(11)14)10-6-17-5-8(10)3/h5-7H,1-4H3,(H2,14,15,16). The summed E-state index contributed by atoms with van der Waals surface area (Å²) in [6, 6.07) is 0. The smallest absolute Gasteiger partial charge is 0.162 e. The van der Waals surface area contributed by atoms with Gasteiger partial charge >= 0.3 is 0 Å². The number of thiophene rings is 1. The highest BCUT2D eigenvalue weighted by atomic mass is 32.1. The van der Waals surface area contributed by atoms with Crippen LogP contribution in [0.25, 0.3) is 11.4 Å². The van der Waals surface area contributed by atoms with Crippen molar-refractivity contribution >= 4 is 17.2 Å². The highest BCUT2D eigenvalue weighted by molar-refractivity contribution is 7.08. The molecule has 90 valence electrons. The molecular formula is C13H17N3S. The van der Waals surface area contributed by atoms with Crippen molar-refractivity contribution < 1.29 is 0 Å². The molecule has 2 rings (SSSR count). The molecule has 0 unspecified atom stereocenters. The van der Waals surface area contributed by atoms with E-state index in [4.69, 9.17) is 5.73 Å². The molecule has 0 aliphatic heterocycles. The van der Waals surface area contributed by atoms with Crippen LogP contribution in [0.5, 0.6) is 0 Å². The summed E-state index contributed by atoms with van der Waals surface area (Å²) in [7, 11) is 0. The largest absolute Gasteiger partial charge is 0.383 e. The zero-order valence-corrected chi connectivity index (χ0v) is 11.4. The number of nitrogens with zero attached hydrogens (tertiary/aromatic N) is 2. The lowest BCUT2D eigenvalue weighted by atomic mass is 10.0. The monoisotopic (exact) mass is 247 g/mol. The molecule has 2 N–H and O–H groups in total. The average molecular weight is 247 g/mol. The lowest BCUT2D eigenvalue weighted by Crippen LogP contribution is -2.06. The zero-order valence-electron chi connectivity index (χ0n) is 10.6. The van der Waals surface area contributed by atoms with Crippen molar-refractivity contribution in [2.45, 2.75) is 33.6 Å². The van der Waals surface area contributed by atoms with E-state index in [0.717, 1.165) is 22.6 Å². The average Bonchev–Trinajstić information content (AvgIpc) is 2.62. The molecule has 2 heterocycles. The number of nitrogens with two attached hydrogens (primary N) is 1. The Bertz CT molecular complexity index is 520. The van der Waals surface area contributed by atoms with Crippen LogP contribution in [0, 0.1) is 13.8 Å². The van der Waals surface area contributed by atoms with Gasteiger partial charge in [0.15, 0.2) is 5.82 Å². The van der Waals surface area contributed by atoms with Crippen LogP contribution in [0.3, 0.4) is 0 Å². The van der Waals surface area contributed by atoms with Crippen molar-refractivity contribution in [2.75, 3.05) is 5.73 Å². The third kappa shape index (κ3) is 2.17. The minimum atomic E-state index is 0.354. The topological polar surface area (TPSA) is 51.8 Å². The van der Waals surface area contributed by atoms with Gasteiger partial charge in [0.2, 0.25) is 0 Å². The third-order valence-corrected chi connectivity index (χ3v) is 3.70. The predicted molar refractivity (Wildman–Crippen MR) is 73.3 cm³/mol. The quantitative estimate of drug-likeness (QED) is 0.883. The van der Waals surface area contributed by atoms with E-state index in [0.29, 0.717) is 11.7 Å². The maximum absolute atomic E-state index is 6.03. The molecule has 0 aliphatic rings. The Balaban J connectivity index is 2.57. The van der Waals surface area contributed by atoms with Crippen LogP contribution < -0.4 is 5.73 Å². The Hall–Kier alpha value is -1.42. The Morgan fingerprint density at radius 1 is 1.18 bits per heavy atom. The molecule has 2 aromatic heterocycles. The third-order valence-electron chi connectivity index (χ3n) is 2.84. The number of hydrogen-bond acceptors (Lipinski definition) is 4. The molecule has 0 spiro atoms. The van der Waals surface area contributed by atoms with E-state index in [1.807, 2.05) is 6.92 Å². The number of aromatic nitrogens is 2. The first-order valence-corrected chi connectivity index (χ1v) is 6.62. The van der Waals surface area contributed by atoms with Crippen molar-refractivity contribution in [2.24, 2.45) is 0 Å². The Morgan fingerprint density at radius 2 is 1.88 bits per heavy atom.